The maximum Gasteiger partial charge on any atom is 0.261 e. The number of hydrogen-bond acceptors (Lipinski definition) is 5. The Hall–Kier alpha value is -2.61. The highest BCUT2D eigenvalue weighted by Crippen LogP contribution is 2.41. The minimum absolute atomic E-state index is 0.0427. The van der Waals surface area contributed by atoms with E-state index in [4.69, 9.17) is 9.16 Å². The number of nitrogens with zero attached hydrogens (tertiary/aromatic N) is 1. The Labute approximate surface area is 227 Å². The van der Waals surface area contributed by atoms with E-state index in [-0.39, 0.29) is 47.4 Å². The van der Waals surface area contributed by atoms with Gasteiger partial charge < -0.3 is 14.0 Å². The Balaban J connectivity index is 1.52. The monoisotopic (exact) mass is 535 g/mol. The number of ether oxygens (including phenoxy) is 1. The maximum absolute atomic E-state index is 13.2. The van der Waals surface area contributed by atoms with Crippen molar-refractivity contribution in [3.63, 3.8) is 0 Å². The lowest BCUT2D eigenvalue weighted by atomic mass is 9.83. The molecule has 7 heteroatoms. The van der Waals surface area contributed by atoms with Crippen molar-refractivity contribution in [1.29, 1.82) is 0 Å². The second-order valence-corrected chi connectivity index (χ2v) is 17.1. The van der Waals surface area contributed by atoms with Crippen LogP contribution in [0.5, 0.6) is 0 Å². The van der Waals surface area contributed by atoms with Crippen LogP contribution in [0, 0.1) is 11.8 Å². The van der Waals surface area contributed by atoms with Crippen LogP contribution < -0.4 is 0 Å². The van der Waals surface area contributed by atoms with Gasteiger partial charge in [0.2, 0.25) is 0 Å². The molecule has 2 aromatic carbocycles. The summed E-state index contributed by atoms with van der Waals surface area (Å²) in [6.07, 6.45) is 2.15. The SMILES string of the molecule is C[C@H]1C(CC(CN2C(=O)c3ccccc3C2=O)O[Si](C)(C)C(C)(C)C)O[C@@H](C=O)C1CCc1ccccc1. The Morgan fingerprint density at radius 3 is 2.13 bits per heavy atom. The number of imide groups is 1. The average molecular weight is 536 g/mol. The predicted molar refractivity (Wildman–Crippen MR) is 151 cm³/mol. The van der Waals surface area contributed by atoms with Crippen LogP contribution in [0.25, 0.3) is 0 Å². The number of hydrogen-bond donors (Lipinski definition) is 0. The Morgan fingerprint density at radius 1 is 1.00 bits per heavy atom. The summed E-state index contributed by atoms with van der Waals surface area (Å²) in [6.45, 7) is 13.2. The molecular formula is C31H41NO5Si. The predicted octanol–water partition coefficient (Wildman–Crippen LogP) is 5.91. The standard InChI is InChI=1S/C31H41NO5Si/c1-21-24(17-16-22-12-8-7-9-13-22)28(20-33)36-27(21)18-23(37-38(5,6)31(2,3)4)19-32-29(34)25-14-10-11-15-26(25)30(32)35/h7-15,20-21,23-24,27-28H,16-19H2,1-6H3/t21-,23?,24?,27?,28+/m1/s1. The molecule has 1 saturated heterocycles. The van der Waals surface area contributed by atoms with Crippen molar-refractivity contribution in [2.75, 3.05) is 6.54 Å². The van der Waals surface area contributed by atoms with Gasteiger partial charge in [0.05, 0.1) is 29.9 Å². The molecule has 0 saturated carbocycles. The molecule has 4 rings (SSSR count). The van der Waals surface area contributed by atoms with Crippen molar-refractivity contribution in [2.24, 2.45) is 11.8 Å². The number of fused-ring (bicyclic) bond motifs is 1. The number of carbonyl (C=O) groups is 3. The average Bonchev–Trinajstić information content (AvgIpc) is 3.30. The minimum atomic E-state index is -2.23. The molecule has 1 fully saturated rings. The molecule has 0 spiro atoms. The molecular weight excluding hydrogens is 494 g/mol. The summed E-state index contributed by atoms with van der Waals surface area (Å²) in [4.78, 5) is 39.7. The van der Waals surface area contributed by atoms with Gasteiger partial charge in [0, 0.05) is 6.42 Å². The van der Waals surface area contributed by atoms with Crippen molar-refractivity contribution in [2.45, 2.75) is 83.4 Å². The Morgan fingerprint density at radius 2 is 1.58 bits per heavy atom. The molecule has 2 heterocycles. The zero-order valence-corrected chi connectivity index (χ0v) is 24.5. The van der Waals surface area contributed by atoms with Crippen LogP contribution in [0.2, 0.25) is 18.1 Å². The van der Waals surface area contributed by atoms with Crippen LogP contribution in [0.4, 0.5) is 0 Å². The molecule has 0 aromatic heterocycles. The molecule has 3 unspecified atom stereocenters. The first-order valence-electron chi connectivity index (χ1n) is 13.7. The van der Waals surface area contributed by atoms with E-state index < -0.39 is 14.4 Å². The fraction of sp³-hybridized carbons (Fsp3) is 0.516. The second kappa shape index (κ2) is 11.2. The summed E-state index contributed by atoms with van der Waals surface area (Å²) in [7, 11) is -2.23. The van der Waals surface area contributed by atoms with Gasteiger partial charge >= 0.3 is 0 Å². The van der Waals surface area contributed by atoms with Gasteiger partial charge in [0.25, 0.3) is 11.8 Å². The molecule has 0 radical (unpaired) electrons. The van der Waals surface area contributed by atoms with Gasteiger partial charge in [-0.15, -0.1) is 0 Å². The normalized spacial score (nSPS) is 24.5. The molecule has 0 N–H and O–H groups in total. The summed E-state index contributed by atoms with van der Waals surface area (Å²) in [5, 5.41) is -0.0427. The van der Waals surface area contributed by atoms with Crippen LogP contribution in [0.1, 0.15) is 66.8 Å². The Bertz CT molecular complexity index is 1120. The molecule has 5 atom stereocenters. The lowest BCUT2D eigenvalue weighted by molar-refractivity contribution is -0.119. The number of aryl methyl sites for hydroxylation is 1. The molecule has 0 bridgehead atoms. The van der Waals surface area contributed by atoms with Gasteiger partial charge in [-0.2, -0.15) is 0 Å². The van der Waals surface area contributed by atoms with E-state index >= 15 is 0 Å². The van der Waals surface area contributed by atoms with Gasteiger partial charge in [-0.3, -0.25) is 14.5 Å². The van der Waals surface area contributed by atoms with Crippen molar-refractivity contribution >= 4 is 26.4 Å². The number of benzene rings is 2. The summed E-state index contributed by atoms with van der Waals surface area (Å²) in [5.74, 6) is -0.310. The summed E-state index contributed by atoms with van der Waals surface area (Å²) in [5.41, 5.74) is 2.13. The van der Waals surface area contributed by atoms with Crippen molar-refractivity contribution in [3.05, 3.63) is 71.3 Å². The highest BCUT2D eigenvalue weighted by Gasteiger charge is 2.46. The third-order valence-electron chi connectivity index (χ3n) is 8.79. The van der Waals surface area contributed by atoms with Gasteiger partial charge in [0.15, 0.2) is 8.32 Å². The van der Waals surface area contributed by atoms with Crippen molar-refractivity contribution in [3.8, 4) is 0 Å². The maximum atomic E-state index is 13.2. The first kappa shape index (κ1) is 28.4. The smallest absolute Gasteiger partial charge is 0.261 e. The number of aldehydes is 1. The van der Waals surface area contributed by atoms with Crippen LogP contribution >= 0.6 is 0 Å². The van der Waals surface area contributed by atoms with Crippen LogP contribution in [0.15, 0.2) is 54.6 Å². The van der Waals surface area contributed by atoms with Crippen LogP contribution in [0.3, 0.4) is 0 Å². The van der Waals surface area contributed by atoms with Crippen LogP contribution in [-0.4, -0.2) is 56.2 Å². The van der Waals surface area contributed by atoms with E-state index in [0.29, 0.717) is 17.5 Å². The molecule has 2 aromatic rings. The first-order chi connectivity index (χ1) is 17.9. The van der Waals surface area contributed by atoms with E-state index in [2.05, 4.69) is 52.9 Å². The zero-order valence-electron chi connectivity index (χ0n) is 23.5. The fourth-order valence-electron chi connectivity index (χ4n) is 5.43. The summed E-state index contributed by atoms with van der Waals surface area (Å²) < 4.78 is 13.1. The van der Waals surface area contributed by atoms with Gasteiger partial charge in [0.1, 0.15) is 12.4 Å². The number of amides is 2. The minimum Gasteiger partial charge on any atom is -0.412 e. The highest BCUT2D eigenvalue weighted by atomic mass is 28.4. The first-order valence-corrected chi connectivity index (χ1v) is 16.6. The van der Waals surface area contributed by atoms with E-state index in [1.54, 1.807) is 24.3 Å². The molecule has 2 aliphatic heterocycles. The fourth-order valence-corrected chi connectivity index (χ4v) is 6.79. The van der Waals surface area contributed by atoms with Gasteiger partial charge in [-0.25, -0.2) is 0 Å². The van der Waals surface area contributed by atoms with Crippen LogP contribution in [-0.2, 0) is 20.4 Å². The van der Waals surface area contributed by atoms with E-state index in [9.17, 15) is 14.4 Å². The van der Waals surface area contributed by atoms with E-state index in [0.717, 1.165) is 19.1 Å². The lowest BCUT2D eigenvalue weighted by Crippen LogP contribution is -2.49. The molecule has 6 nitrogen and oxygen atoms in total. The van der Waals surface area contributed by atoms with Gasteiger partial charge in [-0.05, 0) is 60.5 Å². The quantitative estimate of drug-likeness (QED) is 0.215. The van der Waals surface area contributed by atoms with Crippen molar-refractivity contribution in [1.82, 2.24) is 4.90 Å². The highest BCUT2D eigenvalue weighted by molar-refractivity contribution is 6.74. The Kier molecular flexibility index (Phi) is 8.40. The van der Waals surface area contributed by atoms with E-state index in [1.165, 1.54) is 10.5 Å². The third-order valence-corrected chi connectivity index (χ3v) is 13.3. The number of carbonyl (C=O) groups excluding carboxylic acids is 3. The second-order valence-electron chi connectivity index (χ2n) is 12.3. The molecule has 38 heavy (non-hydrogen) atoms. The van der Waals surface area contributed by atoms with E-state index in [1.807, 2.05) is 18.2 Å². The topological polar surface area (TPSA) is 72.9 Å². The van der Waals surface area contributed by atoms with Crippen molar-refractivity contribution < 1.29 is 23.5 Å². The summed E-state index contributed by atoms with van der Waals surface area (Å²) in [6, 6.07) is 17.3. The summed E-state index contributed by atoms with van der Waals surface area (Å²) >= 11 is 0. The van der Waals surface area contributed by atoms with Gasteiger partial charge in [-0.1, -0.05) is 70.2 Å². The molecule has 0 aliphatic carbocycles. The number of rotatable bonds is 10. The lowest BCUT2D eigenvalue weighted by Gasteiger charge is -2.40. The molecule has 2 aliphatic rings. The largest absolute Gasteiger partial charge is 0.412 e. The molecule has 204 valence electrons. The molecule has 2 amide bonds. The third kappa shape index (κ3) is 5.85. The zero-order chi connectivity index (χ0) is 27.7.